The summed E-state index contributed by atoms with van der Waals surface area (Å²) in [4.78, 5) is 24.6. The van der Waals surface area contributed by atoms with E-state index in [4.69, 9.17) is 4.74 Å². The van der Waals surface area contributed by atoms with E-state index in [1.807, 2.05) is 32.9 Å². The Morgan fingerprint density at radius 2 is 1.92 bits per heavy atom. The molecular weight excluding hydrogens is 396 g/mol. The summed E-state index contributed by atoms with van der Waals surface area (Å²) in [6.45, 7) is 5.75. The van der Waals surface area contributed by atoms with Crippen LogP contribution in [-0.4, -0.2) is 24.5 Å². The minimum atomic E-state index is -0.325. The van der Waals surface area contributed by atoms with Gasteiger partial charge in [0.2, 0.25) is 0 Å². The minimum Gasteiger partial charge on any atom is -0.484 e. The molecule has 0 fully saturated rings. The molecule has 2 rings (SSSR count). The zero-order valence-corrected chi connectivity index (χ0v) is 16.7. The average molecular weight is 419 g/mol. The molecule has 0 aromatic heterocycles. The van der Waals surface area contributed by atoms with Gasteiger partial charge in [-0.2, -0.15) is 0 Å². The molecule has 0 saturated heterocycles. The quantitative estimate of drug-likeness (QED) is 0.703. The monoisotopic (exact) mass is 418 g/mol. The van der Waals surface area contributed by atoms with Crippen LogP contribution >= 0.6 is 15.9 Å². The van der Waals surface area contributed by atoms with E-state index in [9.17, 15) is 9.59 Å². The van der Waals surface area contributed by atoms with Crippen molar-refractivity contribution in [3.8, 4) is 5.75 Å². The summed E-state index contributed by atoms with van der Waals surface area (Å²) >= 11 is 3.42. The second kappa shape index (κ2) is 9.38. The number of aryl methyl sites for hydroxylation is 1. The van der Waals surface area contributed by atoms with Gasteiger partial charge >= 0.3 is 0 Å². The lowest BCUT2D eigenvalue weighted by atomic mass is 10.1. The topological polar surface area (TPSA) is 67.4 Å². The molecule has 2 amide bonds. The maximum atomic E-state index is 12.4. The molecule has 2 N–H and O–H groups in total. The Bertz CT molecular complexity index is 792. The number of amides is 2. The van der Waals surface area contributed by atoms with E-state index in [1.165, 1.54) is 0 Å². The zero-order valence-electron chi connectivity index (χ0n) is 15.1. The normalized spacial score (nSPS) is 11.5. The highest BCUT2D eigenvalue weighted by atomic mass is 79.9. The molecule has 0 spiro atoms. The van der Waals surface area contributed by atoms with Gasteiger partial charge in [-0.1, -0.05) is 35.0 Å². The van der Waals surface area contributed by atoms with Crippen molar-refractivity contribution in [3.05, 3.63) is 58.1 Å². The van der Waals surface area contributed by atoms with Crippen LogP contribution < -0.4 is 15.4 Å². The van der Waals surface area contributed by atoms with Gasteiger partial charge in [-0.25, -0.2) is 0 Å². The lowest BCUT2D eigenvalue weighted by molar-refractivity contribution is -0.118. The molecular formula is C20H23BrN2O3. The molecule has 1 unspecified atom stereocenters. The number of halogens is 1. The molecule has 138 valence electrons. The van der Waals surface area contributed by atoms with Gasteiger partial charge in [-0.15, -0.1) is 0 Å². The first-order valence-electron chi connectivity index (χ1n) is 8.49. The van der Waals surface area contributed by atoms with Crippen LogP contribution in [0.2, 0.25) is 0 Å². The Balaban J connectivity index is 2.00. The van der Waals surface area contributed by atoms with E-state index in [2.05, 4.69) is 26.6 Å². The lowest BCUT2D eigenvalue weighted by Gasteiger charge is -2.15. The van der Waals surface area contributed by atoms with E-state index in [-0.39, 0.29) is 24.5 Å². The third-order valence-electron chi connectivity index (χ3n) is 3.93. The van der Waals surface area contributed by atoms with Gasteiger partial charge in [0.15, 0.2) is 6.61 Å². The predicted octanol–water partition coefficient (Wildman–Crippen LogP) is 4.30. The Labute approximate surface area is 162 Å². The number of para-hydroxylation sites is 1. The van der Waals surface area contributed by atoms with Crippen molar-refractivity contribution in [2.75, 3.05) is 11.9 Å². The van der Waals surface area contributed by atoms with E-state index < -0.39 is 0 Å². The summed E-state index contributed by atoms with van der Waals surface area (Å²) in [5.74, 6) is 0.0812. The Hall–Kier alpha value is -2.34. The van der Waals surface area contributed by atoms with Crippen molar-refractivity contribution in [1.82, 2.24) is 5.32 Å². The van der Waals surface area contributed by atoms with E-state index >= 15 is 0 Å². The number of benzene rings is 2. The Morgan fingerprint density at radius 1 is 1.19 bits per heavy atom. The zero-order chi connectivity index (χ0) is 19.1. The van der Waals surface area contributed by atoms with Crippen LogP contribution in [0, 0.1) is 6.92 Å². The van der Waals surface area contributed by atoms with Gasteiger partial charge in [0.25, 0.3) is 11.8 Å². The Morgan fingerprint density at radius 3 is 2.62 bits per heavy atom. The number of carbonyl (C=O) groups is 2. The van der Waals surface area contributed by atoms with Gasteiger partial charge in [-0.05, 0) is 56.2 Å². The third kappa shape index (κ3) is 5.59. The summed E-state index contributed by atoms with van der Waals surface area (Å²) in [5.41, 5.74) is 1.92. The summed E-state index contributed by atoms with van der Waals surface area (Å²) < 4.78 is 6.51. The van der Waals surface area contributed by atoms with Crippen molar-refractivity contribution in [2.24, 2.45) is 0 Å². The smallest absolute Gasteiger partial charge is 0.262 e. The molecule has 6 heteroatoms. The molecule has 5 nitrogen and oxygen atoms in total. The molecule has 26 heavy (non-hydrogen) atoms. The van der Waals surface area contributed by atoms with Crippen LogP contribution in [-0.2, 0) is 4.79 Å². The number of nitrogens with one attached hydrogen (secondary N) is 2. The maximum Gasteiger partial charge on any atom is 0.262 e. The van der Waals surface area contributed by atoms with Gasteiger partial charge in [0, 0.05) is 10.5 Å². The van der Waals surface area contributed by atoms with E-state index in [0.717, 1.165) is 16.5 Å². The van der Waals surface area contributed by atoms with Crippen molar-refractivity contribution < 1.29 is 14.3 Å². The van der Waals surface area contributed by atoms with Gasteiger partial charge in [0.05, 0.1) is 11.3 Å². The van der Waals surface area contributed by atoms with E-state index in [0.29, 0.717) is 17.0 Å². The molecule has 0 bridgehead atoms. The largest absolute Gasteiger partial charge is 0.484 e. The molecule has 2 aromatic carbocycles. The number of hydrogen-bond acceptors (Lipinski definition) is 3. The lowest BCUT2D eigenvalue weighted by Crippen LogP contribution is -2.33. The van der Waals surface area contributed by atoms with Crippen molar-refractivity contribution in [3.63, 3.8) is 0 Å². The number of hydrogen-bond donors (Lipinski definition) is 2. The number of anilines is 1. The third-order valence-corrected chi connectivity index (χ3v) is 4.82. The molecule has 2 aromatic rings. The van der Waals surface area contributed by atoms with Crippen LogP contribution in [0.4, 0.5) is 5.69 Å². The number of carbonyl (C=O) groups excluding carboxylic acids is 2. The highest BCUT2D eigenvalue weighted by Gasteiger charge is 2.14. The molecule has 0 aliphatic rings. The van der Waals surface area contributed by atoms with Crippen molar-refractivity contribution in [1.29, 1.82) is 0 Å². The fourth-order valence-electron chi connectivity index (χ4n) is 2.24. The SMILES string of the molecule is CCC(C)NC(=O)c1ccccc1NC(=O)COc1ccc(Br)c(C)c1. The molecule has 0 heterocycles. The van der Waals surface area contributed by atoms with Crippen LogP contribution in [0.25, 0.3) is 0 Å². The summed E-state index contributed by atoms with van der Waals surface area (Å²) in [5, 5.41) is 5.65. The molecule has 1 atom stereocenters. The van der Waals surface area contributed by atoms with Gasteiger partial charge in [0.1, 0.15) is 5.75 Å². The number of ether oxygens (including phenoxy) is 1. The minimum absolute atomic E-state index is 0.0650. The van der Waals surface area contributed by atoms with Crippen LogP contribution in [0.5, 0.6) is 5.75 Å². The standard InChI is InChI=1S/C20H23BrN2O3/c1-4-14(3)22-20(25)16-7-5-6-8-18(16)23-19(24)12-26-15-9-10-17(21)13(2)11-15/h5-11,14H,4,12H2,1-3H3,(H,22,25)(H,23,24). The molecule has 0 radical (unpaired) electrons. The Kier molecular flexibility index (Phi) is 7.21. The average Bonchev–Trinajstić information content (AvgIpc) is 2.63. The van der Waals surface area contributed by atoms with Crippen molar-refractivity contribution >= 4 is 33.4 Å². The fraction of sp³-hybridized carbons (Fsp3) is 0.300. The van der Waals surface area contributed by atoms with Crippen LogP contribution in [0.15, 0.2) is 46.9 Å². The first-order valence-corrected chi connectivity index (χ1v) is 9.28. The van der Waals surface area contributed by atoms with Crippen LogP contribution in [0.3, 0.4) is 0 Å². The molecule has 0 aliphatic carbocycles. The summed E-state index contributed by atoms with van der Waals surface area (Å²) in [6.07, 6.45) is 0.834. The molecule has 0 aliphatic heterocycles. The second-order valence-electron chi connectivity index (χ2n) is 6.08. The summed E-state index contributed by atoms with van der Waals surface area (Å²) in [6, 6.07) is 12.5. The first kappa shape index (κ1) is 20.0. The maximum absolute atomic E-state index is 12.4. The number of rotatable bonds is 7. The fourth-order valence-corrected chi connectivity index (χ4v) is 2.48. The van der Waals surface area contributed by atoms with Crippen LogP contribution in [0.1, 0.15) is 36.2 Å². The highest BCUT2D eigenvalue weighted by molar-refractivity contribution is 9.10. The van der Waals surface area contributed by atoms with Gasteiger partial charge in [-0.3, -0.25) is 9.59 Å². The van der Waals surface area contributed by atoms with Crippen molar-refractivity contribution in [2.45, 2.75) is 33.2 Å². The highest BCUT2D eigenvalue weighted by Crippen LogP contribution is 2.21. The predicted molar refractivity (Wildman–Crippen MR) is 107 cm³/mol. The second-order valence-corrected chi connectivity index (χ2v) is 6.93. The molecule has 0 saturated carbocycles. The van der Waals surface area contributed by atoms with E-state index in [1.54, 1.807) is 30.3 Å². The first-order chi connectivity index (χ1) is 12.4. The van der Waals surface area contributed by atoms with Gasteiger partial charge < -0.3 is 15.4 Å². The summed E-state index contributed by atoms with van der Waals surface area (Å²) in [7, 11) is 0.